The first-order chi connectivity index (χ1) is 11.5. The third-order valence-corrected chi connectivity index (χ3v) is 3.81. The van der Waals surface area contributed by atoms with Crippen molar-refractivity contribution in [1.29, 1.82) is 0 Å². The van der Waals surface area contributed by atoms with Gasteiger partial charge in [0.25, 0.3) is 0 Å². The summed E-state index contributed by atoms with van der Waals surface area (Å²) >= 11 is 16.9. The Hall–Kier alpha value is -2.02. The molecule has 0 spiro atoms. The van der Waals surface area contributed by atoms with Crippen LogP contribution in [0.1, 0.15) is 11.1 Å². The highest BCUT2D eigenvalue weighted by Crippen LogP contribution is 2.31. The maximum atomic E-state index is 6.14. The summed E-state index contributed by atoms with van der Waals surface area (Å²) in [7, 11) is 1.55. The number of hydrogen-bond acceptors (Lipinski definition) is 4. The van der Waals surface area contributed by atoms with Crippen molar-refractivity contribution in [2.45, 2.75) is 6.61 Å². The quantitative estimate of drug-likeness (QED) is 0.451. The number of hydrogen-bond donors (Lipinski definition) is 2. The lowest BCUT2D eigenvalue weighted by Crippen LogP contribution is -2.23. The largest absolute Gasteiger partial charge is 0.493 e. The van der Waals surface area contributed by atoms with Gasteiger partial charge in [-0.2, -0.15) is 5.10 Å². The molecule has 2 aromatic carbocycles. The first kappa shape index (κ1) is 18.3. The van der Waals surface area contributed by atoms with Gasteiger partial charge in [-0.1, -0.05) is 29.3 Å². The summed E-state index contributed by atoms with van der Waals surface area (Å²) in [6.07, 6.45) is 1.57. The maximum absolute atomic E-state index is 6.14. The summed E-state index contributed by atoms with van der Waals surface area (Å²) in [4.78, 5) is 0. The fourth-order valence-corrected chi connectivity index (χ4v) is 2.43. The van der Waals surface area contributed by atoms with Gasteiger partial charge in [0, 0.05) is 15.6 Å². The molecule has 0 aliphatic rings. The number of benzene rings is 2. The standard InChI is InChI=1S/C16H15Cl2N3O2S/c1-22-15-7-10(8-20-21-16(19)24)5-6-14(15)23-9-11-12(17)3-2-4-13(11)18/h2-8H,9H2,1H3,(H3,19,21,24)/b20-8-. The molecule has 0 saturated carbocycles. The van der Waals surface area contributed by atoms with Crippen molar-refractivity contribution < 1.29 is 9.47 Å². The first-order valence-electron chi connectivity index (χ1n) is 6.83. The molecule has 0 fully saturated rings. The molecule has 3 N–H and O–H groups in total. The van der Waals surface area contributed by atoms with E-state index < -0.39 is 0 Å². The molecule has 2 rings (SSSR count). The zero-order chi connectivity index (χ0) is 17.5. The van der Waals surface area contributed by atoms with E-state index in [9.17, 15) is 0 Å². The van der Waals surface area contributed by atoms with Gasteiger partial charge in [-0.3, -0.25) is 5.43 Å². The third-order valence-electron chi connectivity index (χ3n) is 3.01. The van der Waals surface area contributed by atoms with Crippen LogP contribution < -0.4 is 20.6 Å². The topological polar surface area (TPSA) is 68.9 Å². The number of thiocarbonyl (C=S) groups is 1. The highest BCUT2D eigenvalue weighted by Gasteiger charge is 2.09. The summed E-state index contributed by atoms with van der Waals surface area (Å²) in [6.45, 7) is 0.227. The Morgan fingerprint density at radius 1 is 1.25 bits per heavy atom. The fourth-order valence-electron chi connectivity index (χ4n) is 1.87. The predicted molar refractivity (Wildman–Crippen MR) is 101 cm³/mol. The second-order valence-electron chi connectivity index (χ2n) is 4.63. The Balaban J connectivity index is 2.13. The third kappa shape index (κ3) is 4.99. The van der Waals surface area contributed by atoms with E-state index in [1.165, 1.54) is 0 Å². The molecule has 0 bridgehead atoms. The molecular formula is C16H15Cl2N3O2S. The van der Waals surface area contributed by atoms with Crippen LogP contribution in [0.25, 0.3) is 0 Å². The minimum Gasteiger partial charge on any atom is -0.493 e. The van der Waals surface area contributed by atoms with Gasteiger partial charge >= 0.3 is 0 Å². The SMILES string of the molecule is COc1cc(/C=N\NC(N)=S)ccc1OCc1c(Cl)cccc1Cl. The van der Waals surface area contributed by atoms with E-state index in [-0.39, 0.29) is 11.7 Å². The summed E-state index contributed by atoms with van der Waals surface area (Å²) in [5, 5.41) is 5.08. The lowest BCUT2D eigenvalue weighted by molar-refractivity contribution is 0.284. The minimum atomic E-state index is 0.0924. The molecule has 0 amide bonds. The zero-order valence-electron chi connectivity index (χ0n) is 12.8. The number of halogens is 2. The highest BCUT2D eigenvalue weighted by molar-refractivity contribution is 7.80. The number of rotatable bonds is 6. The monoisotopic (exact) mass is 383 g/mol. The highest BCUT2D eigenvalue weighted by atomic mass is 35.5. The molecule has 0 atom stereocenters. The van der Waals surface area contributed by atoms with E-state index in [0.717, 1.165) is 5.56 Å². The van der Waals surface area contributed by atoms with Crippen LogP contribution in [0.3, 0.4) is 0 Å². The van der Waals surface area contributed by atoms with Crippen molar-refractivity contribution in [3.05, 3.63) is 57.6 Å². The second-order valence-corrected chi connectivity index (χ2v) is 5.89. The number of nitrogens with one attached hydrogen (secondary N) is 1. The Labute approximate surface area is 155 Å². The van der Waals surface area contributed by atoms with Crippen molar-refractivity contribution in [3.8, 4) is 11.5 Å². The van der Waals surface area contributed by atoms with E-state index in [4.69, 9.17) is 38.4 Å². The van der Waals surface area contributed by atoms with E-state index in [1.54, 1.807) is 43.7 Å². The maximum Gasteiger partial charge on any atom is 0.184 e. The lowest BCUT2D eigenvalue weighted by atomic mass is 10.2. The molecule has 0 aliphatic carbocycles. The molecule has 126 valence electrons. The van der Waals surface area contributed by atoms with E-state index in [2.05, 4.69) is 22.7 Å². The van der Waals surface area contributed by atoms with E-state index in [1.807, 2.05) is 6.07 Å². The number of nitrogens with zero attached hydrogens (tertiary/aromatic N) is 1. The predicted octanol–water partition coefficient (Wildman–Crippen LogP) is 3.75. The number of methoxy groups -OCH3 is 1. The zero-order valence-corrected chi connectivity index (χ0v) is 15.1. The van der Waals surface area contributed by atoms with Crippen molar-refractivity contribution in [2.75, 3.05) is 7.11 Å². The van der Waals surface area contributed by atoms with Crippen molar-refractivity contribution >= 4 is 46.7 Å². The Kier molecular flexibility index (Phi) is 6.66. The Bertz CT molecular complexity index is 749. The second kappa shape index (κ2) is 8.73. The minimum absolute atomic E-state index is 0.0924. The number of hydrazone groups is 1. The van der Waals surface area contributed by atoms with Crippen LogP contribution in [-0.4, -0.2) is 18.4 Å². The number of ether oxygens (including phenoxy) is 2. The van der Waals surface area contributed by atoms with Crippen molar-refractivity contribution in [3.63, 3.8) is 0 Å². The van der Waals surface area contributed by atoms with Crippen molar-refractivity contribution in [1.82, 2.24) is 5.43 Å². The van der Waals surface area contributed by atoms with Gasteiger partial charge in [0.05, 0.1) is 13.3 Å². The molecule has 0 unspecified atom stereocenters. The smallest absolute Gasteiger partial charge is 0.184 e. The molecule has 0 saturated heterocycles. The molecule has 0 aliphatic heterocycles. The first-order valence-corrected chi connectivity index (χ1v) is 8.00. The normalized spacial score (nSPS) is 10.6. The molecule has 8 heteroatoms. The summed E-state index contributed by atoms with van der Waals surface area (Å²) in [5.74, 6) is 1.12. The summed E-state index contributed by atoms with van der Waals surface area (Å²) in [5.41, 5.74) is 9.29. The molecule has 0 heterocycles. The van der Waals surface area contributed by atoms with Crippen LogP contribution >= 0.6 is 35.4 Å². The molecule has 2 aromatic rings. The average Bonchev–Trinajstić information content (AvgIpc) is 2.54. The van der Waals surface area contributed by atoms with Gasteiger partial charge < -0.3 is 15.2 Å². The van der Waals surface area contributed by atoms with Crippen LogP contribution in [0, 0.1) is 0 Å². The Morgan fingerprint density at radius 2 is 1.96 bits per heavy atom. The van der Waals surface area contributed by atoms with Crippen LogP contribution in [0.2, 0.25) is 10.0 Å². The van der Waals surface area contributed by atoms with Gasteiger partial charge in [0.1, 0.15) is 6.61 Å². The Morgan fingerprint density at radius 3 is 2.58 bits per heavy atom. The van der Waals surface area contributed by atoms with E-state index >= 15 is 0 Å². The van der Waals surface area contributed by atoms with Gasteiger partial charge in [-0.15, -0.1) is 0 Å². The van der Waals surface area contributed by atoms with Gasteiger partial charge in [-0.25, -0.2) is 0 Å². The number of nitrogens with two attached hydrogens (primary N) is 1. The summed E-state index contributed by atoms with van der Waals surface area (Å²) in [6, 6.07) is 10.7. The molecule has 0 radical (unpaired) electrons. The fraction of sp³-hybridized carbons (Fsp3) is 0.125. The van der Waals surface area contributed by atoms with Gasteiger partial charge in [0.2, 0.25) is 0 Å². The summed E-state index contributed by atoms with van der Waals surface area (Å²) < 4.78 is 11.1. The molecule has 0 aromatic heterocycles. The van der Waals surface area contributed by atoms with Crippen LogP contribution in [-0.2, 0) is 6.61 Å². The lowest BCUT2D eigenvalue weighted by Gasteiger charge is -2.13. The van der Waals surface area contributed by atoms with Crippen LogP contribution in [0.15, 0.2) is 41.5 Å². The molecular weight excluding hydrogens is 369 g/mol. The van der Waals surface area contributed by atoms with Crippen LogP contribution in [0.5, 0.6) is 11.5 Å². The van der Waals surface area contributed by atoms with Gasteiger partial charge in [-0.05, 0) is 48.1 Å². The van der Waals surface area contributed by atoms with Crippen molar-refractivity contribution in [2.24, 2.45) is 10.8 Å². The van der Waals surface area contributed by atoms with Gasteiger partial charge in [0.15, 0.2) is 16.6 Å². The molecule has 24 heavy (non-hydrogen) atoms. The molecule has 5 nitrogen and oxygen atoms in total. The van der Waals surface area contributed by atoms with E-state index in [0.29, 0.717) is 27.1 Å². The average molecular weight is 384 g/mol. The van der Waals surface area contributed by atoms with Crippen LogP contribution in [0.4, 0.5) is 0 Å².